The van der Waals surface area contributed by atoms with Crippen molar-refractivity contribution in [3.63, 3.8) is 0 Å². The molecule has 0 spiro atoms. The van der Waals surface area contributed by atoms with E-state index < -0.39 is 15.7 Å². The number of amides is 1. The van der Waals surface area contributed by atoms with Gasteiger partial charge in [0.1, 0.15) is 11.5 Å². The maximum absolute atomic E-state index is 13.4. The number of carbonyl (C=O) groups excluding carboxylic acids is 1. The lowest BCUT2D eigenvalue weighted by Gasteiger charge is -2.17. The SMILES string of the molecule is COc1ccc(-c2cc(C)c(NCc3cccnc3S(=O)(=O)c3ccc(OC)cc3)c(C(=O)NO)c2)cc1. The van der Waals surface area contributed by atoms with Gasteiger partial charge in [0.25, 0.3) is 5.91 Å². The molecule has 0 aliphatic heterocycles. The van der Waals surface area contributed by atoms with Gasteiger partial charge in [-0.3, -0.25) is 10.0 Å². The molecule has 1 aromatic heterocycles. The van der Waals surface area contributed by atoms with Crippen molar-refractivity contribution in [2.75, 3.05) is 19.5 Å². The molecule has 9 nitrogen and oxygen atoms in total. The van der Waals surface area contributed by atoms with Crippen LogP contribution in [0.15, 0.2) is 88.9 Å². The summed E-state index contributed by atoms with van der Waals surface area (Å²) in [4.78, 5) is 16.8. The Bertz CT molecular complexity index is 1550. The molecule has 0 unspecified atom stereocenters. The molecule has 0 radical (unpaired) electrons. The highest BCUT2D eigenvalue weighted by atomic mass is 32.2. The molecule has 4 aromatic rings. The number of aromatic nitrogens is 1. The number of sulfone groups is 1. The first kappa shape index (κ1) is 26.6. The van der Waals surface area contributed by atoms with Gasteiger partial charge in [-0.2, -0.15) is 0 Å². The fourth-order valence-electron chi connectivity index (χ4n) is 4.06. The second kappa shape index (κ2) is 11.3. The van der Waals surface area contributed by atoms with Crippen LogP contribution in [0.1, 0.15) is 21.5 Å². The van der Waals surface area contributed by atoms with Gasteiger partial charge in [-0.1, -0.05) is 18.2 Å². The molecule has 0 fully saturated rings. The molecule has 0 atom stereocenters. The van der Waals surface area contributed by atoms with E-state index in [1.165, 1.54) is 25.4 Å². The van der Waals surface area contributed by atoms with Gasteiger partial charge in [0, 0.05) is 18.3 Å². The van der Waals surface area contributed by atoms with E-state index in [2.05, 4.69) is 10.3 Å². The normalized spacial score (nSPS) is 11.1. The average molecular weight is 534 g/mol. The zero-order chi connectivity index (χ0) is 27.3. The predicted molar refractivity (Wildman–Crippen MR) is 142 cm³/mol. The van der Waals surface area contributed by atoms with E-state index in [4.69, 9.17) is 9.47 Å². The van der Waals surface area contributed by atoms with Crippen molar-refractivity contribution >= 4 is 21.4 Å². The molecule has 0 bridgehead atoms. The Morgan fingerprint density at radius 2 is 1.55 bits per heavy atom. The number of nitrogens with zero attached hydrogens (tertiary/aromatic N) is 1. The molecule has 3 aromatic carbocycles. The largest absolute Gasteiger partial charge is 0.497 e. The summed E-state index contributed by atoms with van der Waals surface area (Å²) in [5.41, 5.74) is 5.09. The number of pyridine rings is 1. The van der Waals surface area contributed by atoms with Crippen LogP contribution in [0.5, 0.6) is 11.5 Å². The molecule has 1 heterocycles. The van der Waals surface area contributed by atoms with E-state index in [1.54, 1.807) is 42.9 Å². The Labute approximate surface area is 221 Å². The Balaban J connectivity index is 1.68. The molecule has 3 N–H and O–H groups in total. The summed E-state index contributed by atoms with van der Waals surface area (Å²) in [6.07, 6.45) is 1.42. The lowest BCUT2D eigenvalue weighted by atomic mass is 9.97. The van der Waals surface area contributed by atoms with Crippen LogP contribution in [0, 0.1) is 6.92 Å². The summed E-state index contributed by atoms with van der Waals surface area (Å²) < 4.78 is 37.1. The van der Waals surface area contributed by atoms with E-state index in [0.717, 1.165) is 16.7 Å². The molecule has 0 aliphatic carbocycles. The third kappa shape index (κ3) is 5.46. The highest BCUT2D eigenvalue weighted by Gasteiger charge is 2.23. The number of carbonyl (C=O) groups is 1. The molecular formula is C28H27N3O6S. The van der Waals surface area contributed by atoms with Crippen molar-refractivity contribution in [2.24, 2.45) is 0 Å². The van der Waals surface area contributed by atoms with Crippen LogP contribution < -0.4 is 20.3 Å². The van der Waals surface area contributed by atoms with Crippen molar-refractivity contribution < 1.29 is 27.9 Å². The minimum atomic E-state index is -3.92. The van der Waals surface area contributed by atoms with Crippen LogP contribution in [0.2, 0.25) is 0 Å². The lowest BCUT2D eigenvalue weighted by Crippen LogP contribution is -2.21. The van der Waals surface area contributed by atoms with Crippen molar-refractivity contribution in [1.29, 1.82) is 0 Å². The molecule has 0 saturated carbocycles. The summed E-state index contributed by atoms with van der Waals surface area (Å²) in [7, 11) is -0.840. The highest BCUT2D eigenvalue weighted by molar-refractivity contribution is 7.91. The number of methoxy groups -OCH3 is 2. The number of ether oxygens (including phenoxy) is 2. The van der Waals surface area contributed by atoms with Gasteiger partial charge in [0.15, 0.2) is 5.03 Å². The van der Waals surface area contributed by atoms with Crippen LogP contribution in [-0.4, -0.2) is 38.7 Å². The smallest absolute Gasteiger partial charge is 0.276 e. The maximum atomic E-state index is 13.4. The molecule has 1 amide bonds. The van der Waals surface area contributed by atoms with Gasteiger partial charge in [-0.25, -0.2) is 18.9 Å². The van der Waals surface area contributed by atoms with Crippen LogP contribution in [0.25, 0.3) is 11.1 Å². The van der Waals surface area contributed by atoms with Gasteiger partial charge < -0.3 is 14.8 Å². The van der Waals surface area contributed by atoms with Crippen LogP contribution in [-0.2, 0) is 16.4 Å². The molecule has 0 saturated heterocycles. The van der Waals surface area contributed by atoms with Crippen molar-refractivity contribution in [2.45, 2.75) is 23.4 Å². The van der Waals surface area contributed by atoms with E-state index in [9.17, 15) is 18.4 Å². The summed E-state index contributed by atoms with van der Waals surface area (Å²) in [5.74, 6) is 0.535. The Kier molecular flexibility index (Phi) is 7.94. The summed E-state index contributed by atoms with van der Waals surface area (Å²) in [5, 5.41) is 12.5. The molecular weight excluding hydrogens is 506 g/mol. The van der Waals surface area contributed by atoms with Gasteiger partial charge in [0.2, 0.25) is 9.84 Å². The summed E-state index contributed by atoms with van der Waals surface area (Å²) in [6, 6.07) is 20.3. The molecule has 196 valence electrons. The molecule has 4 rings (SSSR count). The fourth-order valence-corrected chi connectivity index (χ4v) is 5.46. The number of nitrogens with one attached hydrogen (secondary N) is 2. The monoisotopic (exact) mass is 533 g/mol. The second-order valence-corrected chi connectivity index (χ2v) is 10.3. The first-order valence-electron chi connectivity index (χ1n) is 11.6. The number of aryl methyl sites for hydroxylation is 1. The zero-order valence-electron chi connectivity index (χ0n) is 21.1. The fraction of sp³-hybridized carbons (Fsp3) is 0.143. The third-order valence-electron chi connectivity index (χ3n) is 6.03. The number of anilines is 1. The van der Waals surface area contributed by atoms with Gasteiger partial charge in [-0.15, -0.1) is 0 Å². The summed E-state index contributed by atoms with van der Waals surface area (Å²) >= 11 is 0. The van der Waals surface area contributed by atoms with Gasteiger partial charge in [0.05, 0.1) is 30.4 Å². The Morgan fingerprint density at radius 3 is 2.16 bits per heavy atom. The quantitative estimate of drug-likeness (QED) is 0.210. The molecule has 0 aliphatic rings. The number of hydrogen-bond acceptors (Lipinski definition) is 8. The van der Waals surface area contributed by atoms with Gasteiger partial charge in [-0.05, 0) is 78.2 Å². The standard InChI is InChI=1S/C28H27N3O6S/c1-18-15-21(19-6-8-22(36-2)9-7-19)16-25(27(32)31-33)26(18)30-17-20-5-4-14-29-28(20)38(34,35)24-12-10-23(37-3)11-13-24/h4-16,30,33H,17H2,1-3H3,(H,31,32). The molecule has 10 heteroatoms. The first-order valence-corrected chi connectivity index (χ1v) is 13.1. The Morgan fingerprint density at radius 1 is 0.921 bits per heavy atom. The minimum absolute atomic E-state index is 0.0625. The van der Waals surface area contributed by atoms with E-state index in [1.807, 2.05) is 37.3 Å². The third-order valence-corrected chi connectivity index (χ3v) is 7.80. The molecule has 38 heavy (non-hydrogen) atoms. The van der Waals surface area contributed by atoms with E-state index in [-0.39, 0.29) is 22.0 Å². The highest BCUT2D eigenvalue weighted by Crippen LogP contribution is 2.31. The van der Waals surface area contributed by atoms with Crippen molar-refractivity contribution in [3.8, 4) is 22.6 Å². The number of hydrogen-bond donors (Lipinski definition) is 3. The zero-order valence-corrected chi connectivity index (χ0v) is 21.9. The van der Waals surface area contributed by atoms with Crippen LogP contribution in [0.4, 0.5) is 5.69 Å². The summed E-state index contributed by atoms with van der Waals surface area (Å²) in [6.45, 7) is 1.88. The topological polar surface area (TPSA) is 127 Å². The predicted octanol–water partition coefficient (Wildman–Crippen LogP) is 4.64. The van der Waals surface area contributed by atoms with Crippen LogP contribution >= 0.6 is 0 Å². The lowest BCUT2D eigenvalue weighted by molar-refractivity contribution is 0.0707. The Hall–Kier alpha value is -4.41. The van der Waals surface area contributed by atoms with Crippen LogP contribution in [0.3, 0.4) is 0 Å². The number of benzene rings is 3. The number of hydroxylamine groups is 1. The van der Waals surface area contributed by atoms with Crippen molar-refractivity contribution in [3.05, 3.63) is 95.7 Å². The maximum Gasteiger partial charge on any atom is 0.276 e. The van der Waals surface area contributed by atoms with E-state index >= 15 is 0 Å². The first-order chi connectivity index (χ1) is 18.3. The van der Waals surface area contributed by atoms with Crippen molar-refractivity contribution in [1.82, 2.24) is 10.5 Å². The average Bonchev–Trinajstić information content (AvgIpc) is 2.96. The second-order valence-electron chi connectivity index (χ2n) is 8.39. The number of rotatable bonds is 9. The van der Waals surface area contributed by atoms with E-state index in [0.29, 0.717) is 22.7 Å². The minimum Gasteiger partial charge on any atom is -0.497 e. The van der Waals surface area contributed by atoms with Gasteiger partial charge >= 0.3 is 0 Å².